The lowest BCUT2D eigenvalue weighted by molar-refractivity contribution is -0.0549. The Kier molecular flexibility index (Phi) is 14.7. The number of nitrogens with zero attached hydrogens (tertiary/aromatic N) is 2. The quantitative estimate of drug-likeness (QED) is 0.0848. The van der Waals surface area contributed by atoms with Crippen LogP contribution in [0.15, 0.2) is 55.5 Å². The number of ether oxygens (including phenoxy) is 2. The van der Waals surface area contributed by atoms with Crippen molar-refractivity contribution in [3.63, 3.8) is 0 Å². The van der Waals surface area contributed by atoms with Gasteiger partial charge in [-0.1, -0.05) is 12.1 Å². The van der Waals surface area contributed by atoms with Gasteiger partial charge in [-0.25, -0.2) is 0 Å². The Morgan fingerprint density at radius 1 is 0.900 bits per heavy atom. The van der Waals surface area contributed by atoms with Gasteiger partial charge in [0.25, 0.3) is 0 Å². The largest absolute Gasteiger partial charge is 0.496 e. The van der Waals surface area contributed by atoms with Gasteiger partial charge in [0.2, 0.25) is 0 Å². The molecule has 40 heavy (non-hydrogen) atoms. The first kappa shape index (κ1) is 33.8. The van der Waals surface area contributed by atoms with Gasteiger partial charge in [0.1, 0.15) is 35.5 Å². The van der Waals surface area contributed by atoms with Crippen LogP contribution in [0.1, 0.15) is 11.1 Å². The zero-order chi connectivity index (χ0) is 29.7. The van der Waals surface area contributed by atoms with Gasteiger partial charge in [-0.05, 0) is 91.7 Å². The summed E-state index contributed by atoms with van der Waals surface area (Å²) in [5.74, 6) is 1.39. The highest BCUT2D eigenvalue weighted by Gasteiger charge is 2.28. The maximum Gasteiger partial charge on any atom is 0.187 e. The highest BCUT2D eigenvalue weighted by Crippen LogP contribution is 2.26. The fourth-order valence-electron chi connectivity index (χ4n) is 3.02. The molecule has 12 nitrogen and oxygen atoms in total. The van der Waals surface area contributed by atoms with Crippen LogP contribution in [0, 0.1) is 0 Å². The van der Waals surface area contributed by atoms with Crippen molar-refractivity contribution < 1.29 is 29.9 Å². The van der Waals surface area contributed by atoms with Gasteiger partial charge in [0.05, 0.1) is 36.0 Å². The minimum atomic E-state index is -1.76. The molecule has 2 aromatic rings. The van der Waals surface area contributed by atoms with Crippen LogP contribution in [0.2, 0.25) is 0 Å². The predicted octanol–water partition coefficient (Wildman–Crippen LogP) is 1.27. The summed E-state index contributed by atoms with van der Waals surface area (Å²) >= 11 is 17.3. The first-order valence-corrected chi connectivity index (χ1v) is 14.0. The molecule has 0 fully saturated rings. The van der Waals surface area contributed by atoms with Crippen LogP contribution < -0.4 is 31.0 Å². The van der Waals surface area contributed by atoms with Crippen molar-refractivity contribution in [1.29, 1.82) is 0 Å². The average Bonchev–Trinajstić information content (AvgIpc) is 2.95. The molecule has 3 unspecified atom stereocenters. The maximum atomic E-state index is 10.5. The number of benzene rings is 2. The summed E-state index contributed by atoms with van der Waals surface area (Å²) in [4.78, 5) is 0. The summed E-state index contributed by atoms with van der Waals surface area (Å²) in [6.07, 6.45) is -4.01. The standard InChI is InChI=1S/C24H30Br2N6O6S2/c1-37-19-5-3-13(7-15(19)25)9-27-23(39)31-29-11-17(21(35)22(36)18(34)12-33)30-32-24(40)28-10-14-4-6-20(38-2)16(26)8-14/h3-8,11,18,21-22,33-36H,9-10,12H2,1-2H3,(H2,27,31,39)(H2,28,32,40)/b29-11-,30-17?. The van der Waals surface area contributed by atoms with Crippen molar-refractivity contribution in [2.45, 2.75) is 31.4 Å². The highest BCUT2D eigenvalue weighted by atomic mass is 79.9. The summed E-state index contributed by atoms with van der Waals surface area (Å²) in [6.45, 7) is -0.0313. The highest BCUT2D eigenvalue weighted by molar-refractivity contribution is 9.10. The summed E-state index contributed by atoms with van der Waals surface area (Å²) in [5.41, 5.74) is 6.76. The molecule has 0 amide bonds. The Morgan fingerprint density at radius 2 is 1.40 bits per heavy atom. The SMILES string of the molecule is COc1ccc(CNC(=S)NN=C(/C=N\NC(=S)NCc2ccc(OC)c(Br)c2)C(O)C(O)C(O)CO)cc1Br. The van der Waals surface area contributed by atoms with Crippen molar-refractivity contribution in [3.8, 4) is 11.5 Å². The fourth-order valence-corrected chi connectivity index (χ4v) is 4.44. The third-order valence-corrected chi connectivity index (χ3v) is 6.91. The van der Waals surface area contributed by atoms with E-state index in [-0.39, 0.29) is 15.9 Å². The second-order valence-electron chi connectivity index (χ2n) is 8.01. The number of nitrogens with one attached hydrogen (secondary N) is 4. The molecule has 0 aromatic heterocycles. The molecule has 2 rings (SSSR count). The molecular weight excluding hydrogens is 692 g/mol. The first-order chi connectivity index (χ1) is 19.1. The number of aliphatic hydroxyl groups excluding tert-OH is 4. The molecule has 0 spiro atoms. The Balaban J connectivity index is 2.00. The zero-order valence-corrected chi connectivity index (χ0v) is 26.3. The average molecular weight is 722 g/mol. The second-order valence-corrected chi connectivity index (χ2v) is 10.5. The smallest absolute Gasteiger partial charge is 0.187 e. The Bertz CT molecular complexity index is 1220. The molecule has 2 aromatic carbocycles. The third-order valence-electron chi connectivity index (χ3n) is 5.20. The molecule has 218 valence electrons. The Labute approximate surface area is 259 Å². The number of hydrogen-bond donors (Lipinski definition) is 8. The molecule has 0 saturated heterocycles. The van der Waals surface area contributed by atoms with Gasteiger partial charge in [-0.15, -0.1) is 0 Å². The van der Waals surface area contributed by atoms with Crippen molar-refractivity contribution in [1.82, 2.24) is 21.5 Å². The van der Waals surface area contributed by atoms with Crippen LogP contribution in [0.3, 0.4) is 0 Å². The van der Waals surface area contributed by atoms with E-state index in [9.17, 15) is 15.3 Å². The minimum Gasteiger partial charge on any atom is -0.496 e. The molecule has 0 bridgehead atoms. The van der Waals surface area contributed by atoms with Crippen molar-refractivity contribution in [2.24, 2.45) is 10.2 Å². The number of methoxy groups -OCH3 is 2. The number of aliphatic hydroxyl groups is 4. The summed E-state index contributed by atoms with van der Waals surface area (Å²) in [5, 5.41) is 53.7. The van der Waals surface area contributed by atoms with Crippen molar-refractivity contribution in [2.75, 3.05) is 20.8 Å². The summed E-state index contributed by atoms with van der Waals surface area (Å²) < 4.78 is 12.0. The lowest BCUT2D eigenvalue weighted by atomic mass is 10.0. The molecule has 0 aliphatic rings. The number of halogens is 2. The number of thiocarbonyl (C=S) groups is 2. The molecule has 0 saturated carbocycles. The van der Waals surface area contributed by atoms with E-state index in [1.807, 2.05) is 30.3 Å². The third kappa shape index (κ3) is 10.9. The fraction of sp³-hybridized carbons (Fsp3) is 0.333. The molecule has 0 radical (unpaired) electrons. The van der Waals surface area contributed by atoms with E-state index >= 15 is 0 Å². The normalized spacial score (nSPS) is 13.8. The van der Waals surface area contributed by atoms with E-state index in [2.05, 4.69) is 63.5 Å². The molecule has 3 atom stereocenters. The predicted molar refractivity (Wildman–Crippen MR) is 168 cm³/mol. The molecule has 8 N–H and O–H groups in total. The maximum absolute atomic E-state index is 10.5. The van der Waals surface area contributed by atoms with E-state index in [1.54, 1.807) is 20.3 Å². The van der Waals surface area contributed by atoms with E-state index in [4.69, 9.17) is 39.0 Å². The lowest BCUT2D eigenvalue weighted by Gasteiger charge is -2.21. The molecule has 0 aliphatic heterocycles. The summed E-state index contributed by atoms with van der Waals surface area (Å²) in [7, 11) is 3.15. The summed E-state index contributed by atoms with van der Waals surface area (Å²) in [6, 6.07) is 11.1. The van der Waals surface area contributed by atoms with Crippen LogP contribution in [0.4, 0.5) is 0 Å². The van der Waals surface area contributed by atoms with Crippen molar-refractivity contribution >= 4 is 78.4 Å². The van der Waals surface area contributed by atoms with Gasteiger partial charge in [-0.2, -0.15) is 10.2 Å². The van der Waals surface area contributed by atoms with Crippen LogP contribution in [0.25, 0.3) is 0 Å². The van der Waals surface area contributed by atoms with E-state index in [0.717, 1.165) is 26.3 Å². The molecule has 16 heteroatoms. The van der Waals surface area contributed by atoms with Crippen molar-refractivity contribution in [3.05, 3.63) is 56.5 Å². The zero-order valence-electron chi connectivity index (χ0n) is 21.5. The monoisotopic (exact) mass is 720 g/mol. The first-order valence-electron chi connectivity index (χ1n) is 11.6. The van der Waals surface area contributed by atoms with E-state index in [0.29, 0.717) is 24.6 Å². The Morgan fingerprint density at radius 3 is 1.85 bits per heavy atom. The lowest BCUT2D eigenvalue weighted by Crippen LogP contribution is -2.45. The van der Waals surface area contributed by atoms with Crippen LogP contribution >= 0.6 is 56.3 Å². The number of hydrazone groups is 2. The van der Waals surface area contributed by atoms with E-state index in [1.165, 1.54) is 0 Å². The van der Waals surface area contributed by atoms with Gasteiger partial charge < -0.3 is 40.5 Å². The van der Waals surface area contributed by atoms with Gasteiger partial charge in [-0.3, -0.25) is 10.9 Å². The van der Waals surface area contributed by atoms with Crippen LogP contribution in [-0.2, 0) is 13.1 Å². The van der Waals surface area contributed by atoms with Gasteiger partial charge in [0.15, 0.2) is 10.2 Å². The number of rotatable bonds is 13. The second kappa shape index (κ2) is 17.4. The van der Waals surface area contributed by atoms with Crippen LogP contribution in [0.5, 0.6) is 11.5 Å². The molecule has 0 heterocycles. The van der Waals surface area contributed by atoms with Crippen LogP contribution in [-0.4, -0.2) is 81.7 Å². The van der Waals surface area contributed by atoms with Gasteiger partial charge in [0, 0.05) is 13.1 Å². The molecular formula is C24H30Br2N6O6S2. The minimum absolute atomic E-state index is 0.109. The van der Waals surface area contributed by atoms with Gasteiger partial charge >= 0.3 is 0 Å². The topological polar surface area (TPSA) is 172 Å². The molecule has 0 aliphatic carbocycles. The van der Waals surface area contributed by atoms with E-state index < -0.39 is 24.9 Å². The number of hydrogen-bond acceptors (Lipinski definition) is 10. The Hall–Kier alpha value is -2.44.